The van der Waals surface area contributed by atoms with E-state index in [9.17, 15) is 13.6 Å². The Hall–Kier alpha value is -1.30. The summed E-state index contributed by atoms with van der Waals surface area (Å²) in [5, 5.41) is 8.72. The van der Waals surface area contributed by atoms with Crippen LogP contribution in [-0.4, -0.2) is 23.4 Å². The molecule has 18 heavy (non-hydrogen) atoms. The largest absolute Gasteiger partial charge is 0.481 e. The number of hydrogen-bond donors (Lipinski definition) is 1. The maximum atomic E-state index is 12.2. The van der Waals surface area contributed by atoms with E-state index in [1.165, 1.54) is 17.8 Å². The molecule has 0 saturated carbocycles. The van der Waals surface area contributed by atoms with Crippen molar-refractivity contribution >= 4 is 17.7 Å². The zero-order chi connectivity index (χ0) is 13.5. The fourth-order valence-electron chi connectivity index (χ4n) is 1.25. The molecule has 1 unspecified atom stereocenters. The van der Waals surface area contributed by atoms with Crippen molar-refractivity contribution in [3.8, 4) is 5.75 Å². The van der Waals surface area contributed by atoms with Gasteiger partial charge in [-0.3, -0.25) is 4.79 Å². The highest BCUT2D eigenvalue weighted by Gasteiger charge is 2.12. The number of ether oxygens (including phenoxy) is 1. The van der Waals surface area contributed by atoms with Gasteiger partial charge in [0.05, 0.1) is 5.92 Å². The average molecular weight is 276 g/mol. The van der Waals surface area contributed by atoms with Crippen LogP contribution in [0.2, 0.25) is 0 Å². The van der Waals surface area contributed by atoms with Gasteiger partial charge in [-0.25, -0.2) is 0 Å². The fraction of sp³-hybridized carbons (Fsp3) is 0.417. The summed E-state index contributed by atoms with van der Waals surface area (Å²) in [7, 11) is 0. The Morgan fingerprint density at radius 1 is 1.44 bits per heavy atom. The van der Waals surface area contributed by atoms with Crippen molar-refractivity contribution in [2.24, 2.45) is 5.92 Å². The molecule has 0 aliphatic rings. The smallest absolute Gasteiger partial charge is 0.387 e. The molecule has 0 aromatic heterocycles. The lowest BCUT2D eigenvalue weighted by Gasteiger charge is -2.11. The maximum Gasteiger partial charge on any atom is 0.387 e. The van der Waals surface area contributed by atoms with Crippen LogP contribution in [0.4, 0.5) is 8.78 Å². The Bertz CT molecular complexity index is 399. The second-order valence-electron chi connectivity index (χ2n) is 3.74. The number of aliphatic carboxylic acids is 1. The number of rotatable bonds is 7. The third-order valence-corrected chi connectivity index (χ3v) is 3.49. The van der Waals surface area contributed by atoms with Crippen LogP contribution in [0.1, 0.15) is 12.5 Å². The molecule has 0 aliphatic carbocycles. The number of carboxylic acids is 1. The summed E-state index contributed by atoms with van der Waals surface area (Å²) >= 11 is 1.38. The van der Waals surface area contributed by atoms with Gasteiger partial charge in [0.2, 0.25) is 0 Å². The number of carbonyl (C=O) groups is 1. The van der Waals surface area contributed by atoms with Crippen molar-refractivity contribution < 1.29 is 23.4 Å². The first-order valence-corrected chi connectivity index (χ1v) is 6.49. The zero-order valence-electron chi connectivity index (χ0n) is 9.81. The Labute approximate surface area is 108 Å². The summed E-state index contributed by atoms with van der Waals surface area (Å²) < 4.78 is 28.7. The molecule has 3 nitrogen and oxygen atoms in total. The molecule has 100 valence electrons. The highest BCUT2D eigenvalue weighted by Crippen LogP contribution is 2.25. The third kappa shape index (κ3) is 4.91. The highest BCUT2D eigenvalue weighted by atomic mass is 32.2. The predicted molar refractivity (Wildman–Crippen MR) is 66.0 cm³/mol. The minimum Gasteiger partial charge on any atom is -0.481 e. The molecule has 1 aromatic carbocycles. The van der Waals surface area contributed by atoms with Gasteiger partial charge >= 0.3 is 12.6 Å². The van der Waals surface area contributed by atoms with Crippen LogP contribution in [-0.2, 0) is 10.5 Å². The van der Waals surface area contributed by atoms with Gasteiger partial charge in [-0.2, -0.15) is 20.5 Å². The number of alkyl halides is 2. The van der Waals surface area contributed by atoms with Gasteiger partial charge in [0.25, 0.3) is 0 Å². The lowest BCUT2D eigenvalue weighted by atomic mass is 10.2. The topological polar surface area (TPSA) is 46.5 Å². The van der Waals surface area contributed by atoms with Gasteiger partial charge in [0.15, 0.2) is 0 Å². The lowest BCUT2D eigenvalue weighted by molar-refractivity contribution is -0.140. The van der Waals surface area contributed by atoms with E-state index in [2.05, 4.69) is 4.74 Å². The molecule has 1 N–H and O–H groups in total. The van der Waals surface area contributed by atoms with Crippen LogP contribution in [0, 0.1) is 5.92 Å². The number of thioether (sulfide) groups is 1. The quantitative estimate of drug-likeness (QED) is 0.830. The molecule has 1 rings (SSSR count). The van der Waals surface area contributed by atoms with Crippen LogP contribution in [0.5, 0.6) is 5.75 Å². The van der Waals surface area contributed by atoms with Crippen LogP contribution in [0.3, 0.4) is 0 Å². The van der Waals surface area contributed by atoms with E-state index in [-0.39, 0.29) is 5.75 Å². The van der Waals surface area contributed by atoms with Gasteiger partial charge in [-0.15, -0.1) is 0 Å². The molecule has 0 aliphatic heterocycles. The molecule has 0 amide bonds. The normalized spacial score (nSPS) is 12.4. The van der Waals surface area contributed by atoms with Crippen molar-refractivity contribution in [2.75, 3.05) is 5.75 Å². The Balaban J connectivity index is 2.53. The van der Waals surface area contributed by atoms with Crippen LogP contribution in [0.15, 0.2) is 24.3 Å². The molecular formula is C12H14F2O3S. The molecule has 0 fully saturated rings. The van der Waals surface area contributed by atoms with Gasteiger partial charge < -0.3 is 9.84 Å². The lowest BCUT2D eigenvalue weighted by Crippen LogP contribution is -2.12. The molecule has 0 radical (unpaired) electrons. The molecular weight excluding hydrogens is 262 g/mol. The zero-order valence-corrected chi connectivity index (χ0v) is 10.6. The van der Waals surface area contributed by atoms with Crippen LogP contribution in [0.25, 0.3) is 0 Å². The van der Waals surface area contributed by atoms with E-state index in [1.54, 1.807) is 25.1 Å². The summed E-state index contributed by atoms with van der Waals surface area (Å²) in [4.78, 5) is 10.6. The molecule has 1 aromatic rings. The molecule has 6 heteroatoms. The second kappa shape index (κ2) is 7.20. The molecule has 0 saturated heterocycles. The fourth-order valence-corrected chi connectivity index (χ4v) is 2.32. The summed E-state index contributed by atoms with van der Waals surface area (Å²) in [5.41, 5.74) is 0.639. The SMILES string of the molecule is CC(CSCc1ccccc1OC(F)F)C(=O)O. The monoisotopic (exact) mass is 276 g/mol. The Morgan fingerprint density at radius 2 is 2.11 bits per heavy atom. The average Bonchev–Trinajstić information content (AvgIpc) is 2.30. The number of benzene rings is 1. The molecule has 0 heterocycles. The minimum atomic E-state index is -2.85. The van der Waals surface area contributed by atoms with Crippen LogP contribution < -0.4 is 4.74 Å². The summed E-state index contributed by atoms with van der Waals surface area (Å²) in [5.74, 6) is -0.306. The first kappa shape index (κ1) is 14.8. The van der Waals surface area contributed by atoms with Gasteiger partial charge in [0.1, 0.15) is 5.75 Å². The number of carboxylic acid groups (broad SMARTS) is 1. The summed E-state index contributed by atoms with van der Waals surface area (Å²) in [6.45, 7) is -1.24. The maximum absolute atomic E-state index is 12.2. The third-order valence-electron chi connectivity index (χ3n) is 2.24. The molecule has 0 bridgehead atoms. The van der Waals surface area contributed by atoms with E-state index in [4.69, 9.17) is 5.11 Å². The van der Waals surface area contributed by atoms with E-state index in [0.29, 0.717) is 17.1 Å². The Morgan fingerprint density at radius 3 is 2.72 bits per heavy atom. The van der Waals surface area contributed by atoms with Crippen molar-refractivity contribution in [3.05, 3.63) is 29.8 Å². The highest BCUT2D eigenvalue weighted by molar-refractivity contribution is 7.98. The molecule has 1 atom stereocenters. The van der Waals surface area contributed by atoms with E-state index < -0.39 is 18.5 Å². The number of halogens is 2. The van der Waals surface area contributed by atoms with Crippen molar-refractivity contribution in [3.63, 3.8) is 0 Å². The van der Waals surface area contributed by atoms with E-state index in [0.717, 1.165) is 0 Å². The van der Waals surface area contributed by atoms with E-state index >= 15 is 0 Å². The van der Waals surface area contributed by atoms with E-state index in [1.807, 2.05) is 0 Å². The van der Waals surface area contributed by atoms with Gasteiger partial charge in [0, 0.05) is 17.1 Å². The van der Waals surface area contributed by atoms with Crippen molar-refractivity contribution in [1.82, 2.24) is 0 Å². The van der Waals surface area contributed by atoms with Crippen molar-refractivity contribution in [2.45, 2.75) is 19.3 Å². The molecule has 0 spiro atoms. The van der Waals surface area contributed by atoms with Crippen molar-refractivity contribution in [1.29, 1.82) is 0 Å². The first-order valence-electron chi connectivity index (χ1n) is 5.34. The van der Waals surface area contributed by atoms with Gasteiger partial charge in [-0.05, 0) is 6.07 Å². The standard InChI is InChI=1S/C12H14F2O3S/c1-8(11(15)16)6-18-7-9-4-2-3-5-10(9)17-12(13)14/h2-5,8,12H,6-7H2,1H3,(H,15,16). The van der Waals surface area contributed by atoms with Gasteiger partial charge in [-0.1, -0.05) is 25.1 Å². The predicted octanol–water partition coefficient (Wildman–Crippen LogP) is 3.24. The minimum absolute atomic E-state index is 0.142. The first-order chi connectivity index (χ1) is 8.50. The second-order valence-corrected chi connectivity index (χ2v) is 4.77. The van der Waals surface area contributed by atoms with Crippen LogP contribution >= 0.6 is 11.8 Å². The number of hydrogen-bond acceptors (Lipinski definition) is 3. The summed E-state index contributed by atoms with van der Waals surface area (Å²) in [6, 6.07) is 6.51. The summed E-state index contributed by atoms with van der Waals surface area (Å²) in [6.07, 6.45) is 0. The number of para-hydroxylation sites is 1. The Kier molecular flexibility index (Phi) is 5.91.